The van der Waals surface area contributed by atoms with Crippen LogP contribution in [0.25, 0.3) is 0 Å². The van der Waals surface area contributed by atoms with Gasteiger partial charge in [-0.2, -0.15) is 11.8 Å². The molecule has 1 aromatic carbocycles. The second kappa shape index (κ2) is 8.59. The quantitative estimate of drug-likeness (QED) is 0.702. The van der Waals surface area contributed by atoms with E-state index in [-0.39, 0.29) is 5.82 Å². The smallest absolute Gasteiger partial charge is 0.126 e. The number of thioether (sulfide) groups is 1. The van der Waals surface area contributed by atoms with Crippen LogP contribution in [0.1, 0.15) is 18.4 Å². The molecule has 1 nitrogen and oxygen atoms in total. The molecule has 0 saturated carbocycles. The molecule has 0 unspecified atom stereocenters. The molecule has 0 radical (unpaired) electrons. The van der Waals surface area contributed by atoms with Crippen molar-refractivity contribution in [2.75, 3.05) is 25.1 Å². The molecule has 1 rings (SSSR count). The Balaban J connectivity index is 2.05. The zero-order chi connectivity index (χ0) is 11.6. The molecule has 3 heteroatoms. The molecule has 0 fully saturated rings. The van der Waals surface area contributed by atoms with E-state index in [1.165, 1.54) is 24.7 Å². The normalized spacial score (nSPS) is 10.6. The van der Waals surface area contributed by atoms with Crippen molar-refractivity contribution in [3.05, 3.63) is 35.6 Å². The summed E-state index contributed by atoms with van der Waals surface area (Å²) in [4.78, 5) is 0. The maximum Gasteiger partial charge on any atom is 0.126 e. The van der Waals surface area contributed by atoms with Gasteiger partial charge >= 0.3 is 0 Å². The molecular formula is C13H20FNS. The van der Waals surface area contributed by atoms with E-state index in [1.807, 2.05) is 23.9 Å². The van der Waals surface area contributed by atoms with Crippen molar-refractivity contribution in [2.45, 2.75) is 19.3 Å². The molecule has 1 aromatic rings. The van der Waals surface area contributed by atoms with Gasteiger partial charge in [-0.1, -0.05) is 18.2 Å². The molecule has 16 heavy (non-hydrogen) atoms. The maximum absolute atomic E-state index is 13.2. The van der Waals surface area contributed by atoms with Crippen LogP contribution in [0.15, 0.2) is 24.3 Å². The summed E-state index contributed by atoms with van der Waals surface area (Å²) in [5.41, 5.74) is 0.805. The van der Waals surface area contributed by atoms with E-state index in [0.717, 1.165) is 25.1 Å². The molecule has 0 saturated heterocycles. The van der Waals surface area contributed by atoms with E-state index >= 15 is 0 Å². The second-order valence-electron chi connectivity index (χ2n) is 3.79. The number of benzene rings is 1. The van der Waals surface area contributed by atoms with Crippen LogP contribution in [0, 0.1) is 5.82 Å². The lowest BCUT2D eigenvalue weighted by Gasteiger charge is -2.05. The summed E-state index contributed by atoms with van der Waals surface area (Å²) in [5.74, 6) is 1.14. The average Bonchev–Trinajstić information content (AvgIpc) is 2.30. The predicted octanol–water partition coefficient (Wildman–Crippen LogP) is 3.10. The number of hydrogen-bond donors (Lipinski definition) is 1. The van der Waals surface area contributed by atoms with Gasteiger partial charge in [-0.25, -0.2) is 4.39 Å². The molecule has 0 bridgehead atoms. The minimum absolute atomic E-state index is 0.0910. The van der Waals surface area contributed by atoms with E-state index in [1.54, 1.807) is 6.07 Å². The van der Waals surface area contributed by atoms with Crippen molar-refractivity contribution in [2.24, 2.45) is 0 Å². The molecule has 0 spiro atoms. The number of rotatable bonds is 8. The van der Waals surface area contributed by atoms with Crippen LogP contribution in [-0.2, 0) is 6.42 Å². The zero-order valence-corrected chi connectivity index (χ0v) is 10.7. The number of unbranched alkanes of at least 4 members (excludes halogenated alkanes) is 1. The zero-order valence-electron chi connectivity index (χ0n) is 9.84. The first-order valence-corrected chi connectivity index (χ1v) is 7.17. The van der Waals surface area contributed by atoms with Crippen molar-refractivity contribution in [3.63, 3.8) is 0 Å². The molecule has 0 aliphatic carbocycles. The highest BCUT2D eigenvalue weighted by molar-refractivity contribution is 7.98. The van der Waals surface area contributed by atoms with Gasteiger partial charge in [0.1, 0.15) is 5.82 Å². The van der Waals surface area contributed by atoms with Crippen LogP contribution >= 0.6 is 11.8 Å². The van der Waals surface area contributed by atoms with Gasteiger partial charge in [-0.3, -0.25) is 0 Å². The van der Waals surface area contributed by atoms with Gasteiger partial charge in [0.15, 0.2) is 0 Å². The summed E-state index contributed by atoms with van der Waals surface area (Å²) in [6.45, 7) is 1.90. The maximum atomic E-state index is 13.2. The Labute approximate surface area is 102 Å². The minimum Gasteiger partial charge on any atom is -0.316 e. The first kappa shape index (κ1) is 13.5. The highest BCUT2D eigenvalue weighted by atomic mass is 32.2. The van der Waals surface area contributed by atoms with Crippen LogP contribution in [0.4, 0.5) is 4.39 Å². The Bertz CT molecular complexity index is 291. The first-order chi connectivity index (χ1) is 7.84. The van der Waals surface area contributed by atoms with Crippen LogP contribution < -0.4 is 5.32 Å². The van der Waals surface area contributed by atoms with E-state index < -0.39 is 0 Å². The minimum atomic E-state index is -0.0910. The van der Waals surface area contributed by atoms with E-state index in [9.17, 15) is 4.39 Å². The standard InChI is InChI=1S/C13H20FNS/c1-16-11-5-4-9-15-10-8-12-6-2-3-7-13(12)14/h2-3,6-7,15H,4-5,8-11H2,1H3. The molecular weight excluding hydrogens is 221 g/mol. The number of halogens is 1. The molecule has 1 N–H and O–H groups in total. The third-order valence-corrected chi connectivity index (χ3v) is 3.18. The summed E-state index contributed by atoms with van der Waals surface area (Å²) in [6, 6.07) is 6.99. The van der Waals surface area contributed by atoms with Crippen LogP contribution in [0.5, 0.6) is 0 Å². The fourth-order valence-corrected chi connectivity index (χ4v) is 2.04. The predicted molar refractivity (Wildman–Crippen MR) is 70.6 cm³/mol. The summed E-state index contributed by atoms with van der Waals surface area (Å²) < 4.78 is 13.2. The third kappa shape index (κ3) is 5.52. The van der Waals surface area contributed by atoms with Crippen LogP contribution in [-0.4, -0.2) is 25.1 Å². The van der Waals surface area contributed by atoms with Gasteiger partial charge < -0.3 is 5.32 Å². The lowest BCUT2D eigenvalue weighted by Crippen LogP contribution is -2.19. The Morgan fingerprint density at radius 1 is 1.19 bits per heavy atom. The molecule has 0 aromatic heterocycles. The Hall–Kier alpha value is -0.540. The van der Waals surface area contributed by atoms with E-state index in [2.05, 4.69) is 11.6 Å². The Morgan fingerprint density at radius 3 is 2.75 bits per heavy atom. The fourth-order valence-electron chi connectivity index (χ4n) is 1.55. The summed E-state index contributed by atoms with van der Waals surface area (Å²) >= 11 is 1.89. The molecule has 0 atom stereocenters. The molecule has 0 aliphatic heterocycles. The monoisotopic (exact) mass is 241 g/mol. The number of nitrogens with one attached hydrogen (secondary N) is 1. The molecule has 0 heterocycles. The highest BCUT2D eigenvalue weighted by Crippen LogP contribution is 2.06. The van der Waals surface area contributed by atoms with Gasteiger partial charge in [0.25, 0.3) is 0 Å². The fraction of sp³-hybridized carbons (Fsp3) is 0.538. The molecule has 90 valence electrons. The Morgan fingerprint density at radius 2 is 2.00 bits per heavy atom. The van der Waals surface area contributed by atoms with Gasteiger partial charge in [0.2, 0.25) is 0 Å². The van der Waals surface area contributed by atoms with Crippen molar-refractivity contribution < 1.29 is 4.39 Å². The molecule has 0 aliphatic rings. The van der Waals surface area contributed by atoms with Gasteiger partial charge in [0.05, 0.1) is 0 Å². The average molecular weight is 241 g/mol. The highest BCUT2D eigenvalue weighted by Gasteiger charge is 1.99. The Kier molecular flexibility index (Phi) is 7.26. The van der Waals surface area contributed by atoms with E-state index in [4.69, 9.17) is 0 Å². The summed E-state index contributed by atoms with van der Waals surface area (Å²) in [5, 5.41) is 3.34. The third-order valence-electron chi connectivity index (χ3n) is 2.48. The summed E-state index contributed by atoms with van der Waals surface area (Å²) in [6.07, 6.45) is 5.37. The topological polar surface area (TPSA) is 12.0 Å². The number of hydrogen-bond acceptors (Lipinski definition) is 2. The van der Waals surface area contributed by atoms with Crippen molar-refractivity contribution >= 4 is 11.8 Å². The second-order valence-corrected chi connectivity index (χ2v) is 4.78. The van der Waals surface area contributed by atoms with Gasteiger partial charge in [0, 0.05) is 0 Å². The van der Waals surface area contributed by atoms with Crippen molar-refractivity contribution in [3.8, 4) is 0 Å². The molecule has 0 amide bonds. The van der Waals surface area contributed by atoms with Gasteiger partial charge in [-0.05, 0) is 56.0 Å². The van der Waals surface area contributed by atoms with Crippen LogP contribution in [0.3, 0.4) is 0 Å². The van der Waals surface area contributed by atoms with Crippen molar-refractivity contribution in [1.29, 1.82) is 0 Å². The SMILES string of the molecule is CSCCCCNCCc1ccccc1F. The largest absolute Gasteiger partial charge is 0.316 e. The lowest BCUT2D eigenvalue weighted by atomic mass is 10.1. The van der Waals surface area contributed by atoms with E-state index in [0.29, 0.717) is 0 Å². The first-order valence-electron chi connectivity index (χ1n) is 5.77. The van der Waals surface area contributed by atoms with Gasteiger partial charge in [-0.15, -0.1) is 0 Å². The summed E-state index contributed by atoms with van der Waals surface area (Å²) in [7, 11) is 0. The van der Waals surface area contributed by atoms with Crippen molar-refractivity contribution in [1.82, 2.24) is 5.32 Å². The van der Waals surface area contributed by atoms with Crippen LogP contribution in [0.2, 0.25) is 0 Å². The lowest BCUT2D eigenvalue weighted by molar-refractivity contribution is 0.592.